The molecule has 1 amide bonds. The van der Waals surface area contributed by atoms with E-state index in [1.54, 1.807) is 48.5 Å². The van der Waals surface area contributed by atoms with Gasteiger partial charge >= 0.3 is 0 Å². The summed E-state index contributed by atoms with van der Waals surface area (Å²) >= 11 is 0. The van der Waals surface area contributed by atoms with E-state index in [1.165, 1.54) is 0 Å². The normalized spacial score (nSPS) is 10.4. The topological polar surface area (TPSA) is 69.0 Å². The Morgan fingerprint density at radius 1 is 1.17 bits per heavy atom. The zero-order valence-electron chi connectivity index (χ0n) is 13.6. The molecule has 24 heavy (non-hydrogen) atoms. The molecule has 0 aliphatic heterocycles. The molecule has 0 aliphatic rings. The number of rotatable bonds is 5. The van der Waals surface area contributed by atoms with Crippen LogP contribution in [0.1, 0.15) is 16.1 Å². The molecule has 0 bridgehead atoms. The summed E-state index contributed by atoms with van der Waals surface area (Å²) in [6, 6.07) is 12.8. The summed E-state index contributed by atoms with van der Waals surface area (Å²) in [6.45, 7) is 0.365. The smallest absolute Gasteiger partial charge is 0.251 e. The van der Waals surface area contributed by atoms with Gasteiger partial charge in [0.1, 0.15) is 5.75 Å². The molecule has 3 rings (SSSR count). The molecule has 0 unspecified atom stereocenters. The summed E-state index contributed by atoms with van der Waals surface area (Å²) < 4.78 is 6.88. The number of carbonyl (C=O) groups excluding carboxylic acids is 1. The molecular weight excluding hydrogens is 304 g/mol. The van der Waals surface area contributed by atoms with Gasteiger partial charge in [0.15, 0.2) is 0 Å². The summed E-state index contributed by atoms with van der Waals surface area (Å²) in [4.78, 5) is 16.2. The van der Waals surface area contributed by atoms with Crippen molar-refractivity contribution in [1.29, 1.82) is 0 Å². The van der Waals surface area contributed by atoms with E-state index in [9.17, 15) is 4.79 Å². The number of nitrogens with zero attached hydrogens (tertiary/aromatic N) is 3. The van der Waals surface area contributed by atoms with Crippen molar-refractivity contribution < 1.29 is 9.53 Å². The van der Waals surface area contributed by atoms with Crippen LogP contribution in [0.5, 0.6) is 5.75 Å². The van der Waals surface area contributed by atoms with Gasteiger partial charge in [0.05, 0.1) is 25.0 Å². The third-order valence-electron chi connectivity index (χ3n) is 3.69. The molecule has 0 spiro atoms. The molecular formula is C18H18N4O2. The predicted molar refractivity (Wildman–Crippen MR) is 90.6 cm³/mol. The fourth-order valence-electron chi connectivity index (χ4n) is 2.42. The maximum atomic E-state index is 12.2. The third-order valence-corrected chi connectivity index (χ3v) is 3.69. The van der Waals surface area contributed by atoms with Crippen molar-refractivity contribution in [3.8, 4) is 17.0 Å². The number of benzene rings is 1. The number of ether oxygens (including phenoxy) is 1. The summed E-state index contributed by atoms with van der Waals surface area (Å²) in [5.74, 6) is 0.576. The van der Waals surface area contributed by atoms with Crippen molar-refractivity contribution in [2.75, 3.05) is 7.11 Å². The number of amides is 1. The summed E-state index contributed by atoms with van der Waals surface area (Å²) in [5.41, 5.74) is 3.39. The van der Waals surface area contributed by atoms with E-state index in [1.807, 2.05) is 25.2 Å². The van der Waals surface area contributed by atoms with E-state index >= 15 is 0 Å². The highest BCUT2D eigenvalue weighted by Gasteiger charge is 2.10. The van der Waals surface area contributed by atoms with Gasteiger partial charge in [-0.2, -0.15) is 5.10 Å². The molecule has 6 nitrogen and oxygen atoms in total. The molecule has 122 valence electrons. The minimum absolute atomic E-state index is 0.145. The lowest BCUT2D eigenvalue weighted by Gasteiger charge is -2.04. The lowest BCUT2D eigenvalue weighted by Crippen LogP contribution is -2.23. The van der Waals surface area contributed by atoms with Gasteiger partial charge in [0.25, 0.3) is 5.91 Å². The number of hydrogen-bond donors (Lipinski definition) is 1. The van der Waals surface area contributed by atoms with Crippen LogP contribution in [0.15, 0.2) is 54.9 Å². The van der Waals surface area contributed by atoms with Crippen LogP contribution in [0.3, 0.4) is 0 Å². The van der Waals surface area contributed by atoms with Crippen molar-refractivity contribution in [1.82, 2.24) is 20.1 Å². The van der Waals surface area contributed by atoms with Crippen LogP contribution < -0.4 is 10.1 Å². The van der Waals surface area contributed by atoms with Gasteiger partial charge in [-0.3, -0.25) is 14.5 Å². The Balaban J connectivity index is 1.67. The van der Waals surface area contributed by atoms with E-state index in [4.69, 9.17) is 4.74 Å². The molecule has 2 heterocycles. The Hall–Kier alpha value is -3.15. The zero-order valence-corrected chi connectivity index (χ0v) is 13.6. The van der Waals surface area contributed by atoms with Crippen molar-refractivity contribution in [2.24, 2.45) is 7.05 Å². The van der Waals surface area contributed by atoms with Crippen LogP contribution in [0, 0.1) is 0 Å². The highest BCUT2D eigenvalue weighted by Crippen LogP contribution is 2.18. The summed E-state index contributed by atoms with van der Waals surface area (Å²) in [7, 11) is 3.47. The molecule has 1 N–H and O–H groups in total. The van der Waals surface area contributed by atoms with E-state index in [-0.39, 0.29) is 5.91 Å². The SMILES string of the molecule is COc1ccc(C(=O)NCc2cc(-c3ccncc3)n(C)n2)cc1. The standard InChI is InChI=1S/C18H18N4O2/c1-22-17(13-7-9-19-10-8-13)11-15(21-22)12-20-18(23)14-3-5-16(24-2)6-4-14/h3-11H,12H2,1-2H3,(H,20,23). The third kappa shape index (κ3) is 3.43. The fraction of sp³-hybridized carbons (Fsp3) is 0.167. The van der Waals surface area contributed by atoms with E-state index < -0.39 is 0 Å². The maximum absolute atomic E-state index is 12.2. The van der Waals surface area contributed by atoms with Crippen LogP contribution in [0.25, 0.3) is 11.3 Å². The average molecular weight is 322 g/mol. The van der Waals surface area contributed by atoms with Crippen LogP contribution in [0.4, 0.5) is 0 Å². The monoisotopic (exact) mass is 322 g/mol. The largest absolute Gasteiger partial charge is 0.497 e. The van der Waals surface area contributed by atoms with Crippen LogP contribution in [-0.4, -0.2) is 27.8 Å². The first-order valence-corrected chi connectivity index (χ1v) is 7.53. The van der Waals surface area contributed by atoms with E-state index in [0.29, 0.717) is 12.1 Å². The van der Waals surface area contributed by atoms with Crippen molar-refractivity contribution >= 4 is 5.91 Å². The minimum Gasteiger partial charge on any atom is -0.497 e. The summed E-state index contributed by atoms with van der Waals surface area (Å²) in [6.07, 6.45) is 3.49. The minimum atomic E-state index is -0.145. The van der Waals surface area contributed by atoms with Gasteiger partial charge in [0.2, 0.25) is 0 Å². The van der Waals surface area contributed by atoms with Crippen LogP contribution in [-0.2, 0) is 13.6 Å². The Kier molecular flexibility index (Phi) is 4.56. The molecule has 2 aromatic heterocycles. The van der Waals surface area contributed by atoms with E-state index in [2.05, 4.69) is 15.4 Å². The van der Waals surface area contributed by atoms with Crippen LogP contribution in [0.2, 0.25) is 0 Å². The number of methoxy groups -OCH3 is 1. The number of nitrogens with one attached hydrogen (secondary N) is 1. The molecule has 1 aromatic carbocycles. The molecule has 3 aromatic rings. The summed E-state index contributed by atoms with van der Waals surface area (Å²) in [5, 5.41) is 7.32. The first-order valence-electron chi connectivity index (χ1n) is 7.53. The molecule has 0 radical (unpaired) electrons. The maximum Gasteiger partial charge on any atom is 0.251 e. The average Bonchev–Trinajstić information content (AvgIpc) is 3.01. The highest BCUT2D eigenvalue weighted by molar-refractivity contribution is 5.94. The van der Waals surface area contributed by atoms with Gasteiger partial charge in [-0.25, -0.2) is 0 Å². The van der Waals surface area contributed by atoms with Gasteiger partial charge in [0, 0.05) is 30.6 Å². The first kappa shape index (κ1) is 15.7. The van der Waals surface area contributed by atoms with E-state index in [0.717, 1.165) is 22.7 Å². The van der Waals surface area contributed by atoms with Gasteiger partial charge in [-0.1, -0.05) is 0 Å². The Labute approximate surface area is 140 Å². The lowest BCUT2D eigenvalue weighted by molar-refractivity contribution is 0.0950. The molecule has 0 saturated carbocycles. The van der Waals surface area contributed by atoms with Gasteiger partial charge < -0.3 is 10.1 Å². The number of carbonyl (C=O) groups is 1. The Morgan fingerprint density at radius 2 is 1.88 bits per heavy atom. The zero-order chi connectivity index (χ0) is 16.9. The Bertz CT molecular complexity index is 826. The second-order valence-corrected chi connectivity index (χ2v) is 5.29. The van der Waals surface area contributed by atoms with Crippen molar-refractivity contribution in [2.45, 2.75) is 6.54 Å². The molecule has 6 heteroatoms. The highest BCUT2D eigenvalue weighted by atomic mass is 16.5. The Morgan fingerprint density at radius 3 is 2.54 bits per heavy atom. The second-order valence-electron chi connectivity index (χ2n) is 5.29. The van der Waals surface area contributed by atoms with Crippen LogP contribution >= 0.6 is 0 Å². The second kappa shape index (κ2) is 6.95. The van der Waals surface area contributed by atoms with Gasteiger partial charge in [-0.05, 0) is 42.5 Å². The molecule has 0 fully saturated rings. The first-order chi connectivity index (χ1) is 11.7. The lowest BCUT2D eigenvalue weighted by atomic mass is 10.2. The fourth-order valence-corrected chi connectivity index (χ4v) is 2.42. The quantitative estimate of drug-likeness (QED) is 0.783. The molecule has 0 saturated heterocycles. The van der Waals surface area contributed by atoms with Crippen molar-refractivity contribution in [3.63, 3.8) is 0 Å². The van der Waals surface area contributed by atoms with Gasteiger partial charge in [-0.15, -0.1) is 0 Å². The molecule has 0 atom stereocenters. The number of pyridine rings is 1. The predicted octanol–water partition coefficient (Wildman–Crippen LogP) is 2.42. The van der Waals surface area contributed by atoms with Crippen molar-refractivity contribution in [3.05, 3.63) is 66.1 Å². The number of hydrogen-bond acceptors (Lipinski definition) is 4. The molecule has 0 aliphatic carbocycles. The number of aromatic nitrogens is 3. The number of aryl methyl sites for hydroxylation is 1.